The lowest BCUT2D eigenvalue weighted by Gasteiger charge is -2.09. The molecule has 14 heavy (non-hydrogen) atoms. The first-order valence-corrected chi connectivity index (χ1v) is 5.27. The lowest BCUT2D eigenvalue weighted by atomic mass is 10.0. The van der Waals surface area contributed by atoms with Crippen LogP contribution in [0.2, 0.25) is 0 Å². The van der Waals surface area contributed by atoms with E-state index in [1.165, 1.54) is 6.42 Å². The summed E-state index contributed by atoms with van der Waals surface area (Å²) in [6.45, 7) is 4.09. The van der Waals surface area contributed by atoms with E-state index < -0.39 is 0 Å². The van der Waals surface area contributed by atoms with Gasteiger partial charge in [-0.1, -0.05) is 25.4 Å². The molecule has 1 aromatic rings. The Bertz CT molecular complexity index is 308. The van der Waals surface area contributed by atoms with Crippen LogP contribution in [0, 0.1) is 0 Å². The number of hydrogen-bond acceptors (Lipinski definition) is 4. The van der Waals surface area contributed by atoms with Crippen LogP contribution < -0.4 is 5.73 Å². The van der Waals surface area contributed by atoms with Crippen molar-refractivity contribution in [1.82, 2.24) is 10.1 Å². The van der Waals surface area contributed by atoms with Gasteiger partial charge >= 0.3 is 0 Å². The molecule has 0 amide bonds. The largest absolute Gasteiger partial charge is 0.339 e. The molecule has 0 aliphatic heterocycles. The summed E-state index contributed by atoms with van der Waals surface area (Å²) in [5.74, 6) is 2.14. The molecule has 78 valence electrons. The standard InChI is InChI=1S/C10H17N3O/c1-6(2)10-12-9(13-14-10)7-4-3-5-8(7)11/h6-8H,3-5,11H2,1-2H3/t7-,8-/m0/s1. The normalized spacial score (nSPS) is 27.4. The third-order valence-corrected chi connectivity index (χ3v) is 2.85. The Morgan fingerprint density at radius 2 is 2.21 bits per heavy atom. The number of nitrogens with zero attached hydrogens (tertiary/aromatic N) is 2. The SMILES string of the molecule is CC(C)c1nc([C@H]2CCC[C@@H]2N)no1. The predicted octanol–water partition coefficient (Wildman–Crippen LogP) is 1.79. The summed E-state index contributed by atoms with van der Waals surface area (Å²) in [5.41, 5.74) is 5.97. The summed E-state index contributed by atoms with van der Waals surface area (Å²) >= 11 is 0. The maximum atomic E-state index is 5.97. The summed E-state index contributed by atoms with van der Waals surface area (Å²) in [6, 6.07) is 0.215. The molecule has 1 aromatic heterocycles. The van der Waals surface area contributed by atoms with Crippen LogP contribution in [-0.2, 0) is 0 Å². The monoisotopic (exact) mass is 195 g/mol. The minimum Gasteiger partial charge on any atom is -0.339 e. The molecule has 1 heterocycles. The van der Waals surface area contributed by atoms with E-state index in [1.807, 2.05) is 13.8 Å². The van der Waals surface area contributed by atoms with Crippen LogP contribution in [0.15, 0.2) is 4.52 Å². The number of nitrogens with two attached hydrogens (primary N) is 1. The Balaban J connectivity index is 2.16. The molecular formula is C10H17N3O. The Hall–Kier alpha value is -0.900. The summed E-state index contributed by atoms with van der Waals surface area (Å²) < 4.78 is 5.17. The van der Waals surface area contributed by atoms with Crippen LogP contribution in [0.5, 0.6) is 0 Å². The van der Waals surface area contributed by atoms with Crippen molar-refractivity contribution in [3.05, 3.63) is 11.7 Å². The van der Waals surface area contributed by atoms with Gasteiger partial charge in [0, 0.05) is 17.9 Å². The van der Waals surface area contributed by atoms with Crippen LogP contribution in [0.4, 0.5) is 0 Å². The highest BCUT2D eigenvalue weighted by Crippen LogP contribution is 2.32. The molecule has 1 saturated carbocycles. The van der Waals surface area contributed by atoms with Gasteiger partial charge in [-0.3, -0.25) is 0 Å². The van der Waals surface area contributed by atoms with E-state index in [2.05, 4.69) is 10.1 Å². The zero-order valence-electron chi connectivity index (χ0n) is 8.73. The minimum absolute atomic E-state index is 0.215. The quantitative estimate of drug-likeness (QED) is 0.781. The molecule has 2 N–H and O–H groups in total. The second kappa shape index (κ2) is 3.69. The van der Waals surface area contributed by atoms with E-state index in [0.717, 1.165) is 24.6 Å². The summed E-state index contributed by atoms with van der Waals surface area (Å²) in [5, 5.41) is 4.00. The number of hydrogen-bond donors (Lipinski definition) is 1. The van der Waals surface area contributed by atoms with Crippen molar-refractivity contribution in [1.29, 1.82) is 0 Å². The van der Waals surface area contributed by atoms with Crippen molar-refractivity contribution in [2.45, 2.75) is 51.0 Å². The number of aromatic nitrogens is 2. The molecule has 0 saturated heterocycles. The van der Waals surface area contributed by atoms with Gasteiger partial charge in [-0.2, -0.15) is 4.98 Å². The first-order chi connectivity index (χ1) is 6.68. The van der Waals surface area contributed by atoms with Gasteiger partial charge in [-0.05, 0) is 12.8 Å². The van der Waals surface area contributed by atoms with Gasteiger partial charge < -0.3 is 10.3 Å². The Kier molecular flexibility index (Phi) is 2.54. The van der Waals surface area contributed by atoms with Crippen LogP contribution in [0.3, 0.4) is 0 Å². The van der Waals surface area contributed by atoms with Crippen LogP contribution in [0.25, 0.3) is 0 Å². The fraction of sp³-hybridized carbons (Fsp3) is 0.800. The zero-order chi connectivity index (χ0) is 10.1. The predicted molar refractivity (Wildman–Crippen MR) is 53.0 cm³/mol. The summed E-state index contributed by atoms with van der Waals surface area (Å²) in [4.78, 5) is 4.38. The molecule has 1 aliphatic rings. The van der Waals surface area contributed by atoms with Crippen molar-refractivity contribution < 1.29 is 4.52 Å². The van der Waals surface area contributed by atoms with Crippen LogP contribution >= 0.6 is 0 Å². The van der Waals surface area contributed by atoms with E-state index in [-0.39, 0.29) is 6.04 Å². The van der Waals surface area contributed by atoms with E-state index in [0.29, 0.717) is 11.8 Å². The van der Waals surface area contributed by atoms with Crippen molar-refractivity contribution >= 4 is 0 Å². The molecule has 0 spiro atoms. The van der Waals surface area contributed by atoms with Gasteiger partial charge in [0.15, 0.2) is 5.82 Å². The molecule has 1 aliphatic carbocycles. The lowest BCUT2D eigenvalue weighted by molar-refractivity contribution is 0.356. The van der Waals surface area contributed by atoms with Gasteiger partial charge in [0.05, 0.1) is 0 Å². The summed E-state index contributed by atoms with van der Waals surface area (Å²) in [7, 11) is 0. The Morgan fingerprint density at radius 3 is 2.71 bits per heavy atom. The Morgan fingerprint density at radius 1 is 1.43 bits per heavy atom. The molecule has 4 nitrogen and oxygen atoms in total. The summed E-state index contributed by atoms with van der Waals surface area (Å²) in [6.07, 6.45) is 3.35. The highest BCUT2D eigenvalue weighted by molar-refractivity contribution is 5.04. The average Bonchev–Trinajstić information content (AvgIpc) is 2.71. The van der Waals surface area contributed by atoms with Crippen molar-refractivity contribution in [3.63, 3.8) is 0 Å². The van der Waals surface area contributed by atoms with E-state index in [4.69, 9.17) is 10.3 Å². The van der Waals surface area contributed by atoms with Gasteiger partial charge in [0.1, 0.15) is 0 Å². The van der Waals surface area contributed by atoms with Crippen LogP contribution in [0.1, 0.15) is 56.7 Å². The lowest BCUT2D eigenvalue weighted by Crippen LogP contribution is -2.23. The minimum atomic E-state index is 0.215. The van der Waals surface area contributed by atoms with Crippen molar-refractivity contribution in [2.75, 3.05) is 0 Å². The van der Waals surface area contributed by atoms with E-state index in [1.54, 1.807) is 0 Å². The second-order valence-electron chi connectivity index (χ2n) is 4.35. The Labute approximate surface area is 83.9 Å². The fourth-order valence-electron chi connectivity index (χ4n) is 1.94. The molecule has 2 rings (SSSR count). The third-order valence-electron chi connectivity index (χ3n) is 2.85. The highest BCUT2D eigenvalue weighted by atomic mass is 16.5. The molecule has 4 heteroatoms. The maximum Gasteiger partial charge on any atom is 0.229 e. The zero-order valence-corrected chi connectivity index (χ0v) is 8.73. The van der Waals surface area contributed by atoms with Gasteiger partial charge in [0.2, 0.25) is 5.89 Å². The van der Waals surface area contributed by atoms with E-state index in [9.17, 15) is 0 Å². The van der Waals surface area contributed by atoms with Crippen molar-refractivity contribution in [2.24, 2.45) is 5.73 Å². The second-order valence-corrected chi connectivity index (χ2v) is 4.35. The van der Waals surface area contributed by atoms with E-state index >= 15 is 0 Å². The average molecular weight is 195 g/mol. The molecule has 0 bridgehead atoms. The van der Waals surface area contributed by atoms with Gasteiger partial charge in [-0.15, -0.1) is 0 Å². The molecule has 0 unspecified atom stereocenters. The van der Waals surface area contributed by atoms with Crippen molar-refractivity contribution in [3.8, 4) is 0 Å². The highest BCUT2D eigenvalue weighted by Gasteiger charge is 2.29. The topological polar surface area (TPSA) is 64.9 Å². The van der Waals surface area contributed by atoms with Gasteiger partial charge in [-0.25, -0.2) is 0 Å². The smallest absolute Gasteiger partial charge is 0.229 e. The van der Waals surface area contributed by atoms with Gasteiger partial charge in [0.25, 0.3) is 0 Å². The maximum absolute atomic E-state index is 5.97. The molecule has 1 fully saturated rings. The first kappa shape index (κ1) is 9.65. The molecular weight excluding hydrogens is 178 g/mol. The third kappa shape index (κ3) is 1.66. The number of rotatable bonds is 2. The van der Waals surface area contributed by atoms with Crippen LogP contribution in [-0.4, -0.2) is 16.2 Å². The fourth-order valence-corrected chi connectivity index (χ4v) is 1.94. The first-order valence-electron chi connectivity index (χ1n) is 5.27. The molecule has 2 atom stereocenters. The molecule has 0 radical (unpaired) electrons. The molecule has 0 aromatic carbocycles.